The lowest BCUT2D eigenvalue weighted by molar-refractivity contribution is -0.125. The van der Waals surface area contributed by atoms with Crippen LogP contribution in [0.1, 0.15) is 5.69 Å². The molecular weight excluding hydrogens is 171 g/mol. The van der Waals surface area contributed by atoms with Gasteiger partial charge in [0.1, 0.15) is 0 Å². The summed E-state index contributed by atoms with van der Waals surface area (Å²) >= 11 is 0. The molecule has 0 atom stereocenters. The molecule has 0 aromatic carbocycles. The third-order valence-electron chi connectivity index (χ3n) is 1.20. The van der Waals surface area contributed by atoms with E-state index in [-0.39, 0.29) is 6.54 Å². The molecule has 12 heavy (non-hydrogen) atoms. The average molecular weight is 179 g/mol. The molecule has 3 nitrogen and oxygen atoms in total. The molecule has 0 aliphatic rings. The zero-order valence-corrected chi connectivity index (χ0v) is 6.15. The van der Waals surface area contributed by atoms with Crippen molar-refractivity contribution < 1.29 is 13.2 Å². The Kier molecular flexibility index (Phi) is 2.69. The highest BCUT2D eigenvalue weighted by Gasteiger charge is 2.25. The lowest BCUT2D eigenvalue weighted by atomic mass is 10.4. The fourth-order valence-corrected chi connectivity index (χ4v) is 0.720. The van der Waals surface area contributed by atoms with Gasteiger partial charge in [-0.2, -0.15) is 13.2 Å². The summed E-state index contributed by atoms with van der Waals surface area (Å²) in [4.78, 5) is 6.34. The minimum Gasteiger partial charge on any atom is -0.347 e. The van der Waals surface area contributed by atoms with Crippen molar-refractivity contribution in [1.29, 1.82) is 0 Å². The topological polar surface area (TPSA) is 40.7 Å². The molecule has 0 amide bonds. The molecule has 6 heteroatoms. The third kappa shape index (κ3) is 3.38. The summed E-state index contributed by atoms with van der Waals surface area (Å²) in [7, 11) is 0. The molecule has 1 heterocycles. The van der Waals surface area contributed by atoms with Crippen molar-refractivity contribution in [2.75, 3.05) is 6.54 Å². The van der Waals surface area contributed by atoms with E-state index in [1.807, 2.05) is 0 Å². The monoisotopic (exact) mass is 179 g/mol. The first-order chi connectivity index (χ1) is 5.58. The minimum atomic E-state index is -4.15. The molecule has 0 spiro atoms. The maximum absolute atomic E-state index is 11.6. The van der Waals surface area contributed by atoms with E-state index in [1.54, 1.807) is 0 Å². The van der Waals surface area contributed by atoms with Crippen LogP contribution in [0.4, 0.5) is 13.2 Å². The fourth-order valence-electron chi connectivity index (χ4n) is 0.720. The quantitative estimate of drug-likeness (QED) is 0.728. The molecule has 0 fully saturated rings. The Labute approximate surface area is 67.0 Å². The summed E-state index contributed by atoms with van der Waals surface area (Å²) in [6.07, 6.45) is -1.26. The van der Waals surface area contributed by atoms with Crippen molar-refractivity contribution in [3.05, 3.63) is 18.2 Å². The summed E-state index contributed by atoms with van der Waals surface area (Å²) in [5.74, 6) is 0. The highest BCUT2D eigenvalue weighted by molar-refractivity contribution is 4.93. The molecule has 0 unspecified atom stereocenters. The molecule has 0 saturated heterocycles. The predicted octanol–water partition coefficient (Wildman–Crippen LogP) is 1.06. The van der Waals surface area contributed by atoms with Gasteiger partial charge < -0.3 is 10.3 Å². The van der Waals surface area contributed by atoms with Gasteiger partial charge in [0.15, 0.2) is 0 Å². The SMILES string of the molecule is FC(F)(F)CNCc1cnc[nH]1. The standard InChI is InChI=1S/C6H8F3N3/c7-6(8,9)3-10-1-5-2-11-4-12-5/h2,4,10H,1,3H2,(H,11,12). The van der Waals surface area contributed by atoms with Crippen LogP contribution in [0.5, 0.6) is 0 Å². The predicted molar refractivity (Wildman–Crippen MR) is 36.3 cm³/mol. The molecule has 0 saturated carbocycles. The number of hydrogen-bond acceptors (Lipinski definition) is 2. The first-order valence-electron chi connectivity index (χ1n) is 3.32. The molecule has 0 radical (unpaired) electrons. The van der Waals surface area contributed by atoms with Crippen molar-refractivity contribution in [3.63, 3.8) is 0 Å². The van der Waals surface area contributed by atoms with Crippen LogP contribution in [0.2, 0.25) is 0 Å². The normalized spacial score (nSPS) is 11.9. The Morgan fingerprint density at radius 2 is 2.25 bits per heavy atom. The van der Waals surface area contributed by atoms with E-state index in [0.29, 0.717) is 5.69 Å². The maximum atomic E-state index is 11.6. The van der Waals surface area contributed by atoms with Gasteiger partial charge in [-0.25, -0.2) is 4.98 Å². The van der Waals surface area contributed by atoms with E-state index in [4.69, 9.17) is 0 Å². The number of imidazole rings is 1. The van der Waals surface area contributed by atoms with Crippen LogP contribution in [-0.4, -0.2) is 22.7 Å². The Morgan fingerprint density at radius 3 is 2.75 bits per heavy atom. The Balaban J connectivity index is 2.20. The average Bonchev–Trinajstić information content (AvgIpc) is 2.36. The van der Waals surface area contributed by atoms with Crippen molar-refractivity contribution in [3.8, 4) is 0 Å². The molecule has 68 valence electrons. The second kappa shape index (κ2) is 3.57. The van der Waals surface area contributed by atoms with Crippen LogP contribution in [0.3, 0.4) is 0 Å². The Morgan fingerprint density at radius 1 is 1.50 bits per heavy atom. The summed E-state index contributed by atoms with van der Waals surface area (Å²) in [5.41, 5.74) is 0.638. The van der Waals surface area contributed by atoms with Crippen LogP contribution in [0, 0.1) is 0 Å². The number of aromatic nitrogens is 2. The summed E-state index contributed by atoms with van der Waals surface area (Å²) in [5, 5.41) is 2.23. The molecule has 1 aromatic rings. The van der Waals surface area contributed by atoms with E-state index < -0.39 is 12.7 Å². The van der Waals surface area contributed by atoms with E-state index in [0.717, 1.165) is 0 Å². The highest BCUT2D eigenvalue weighted by Crippen LogP contribution is 2.12. The van der Waals surface area contributed by atoms with E-state index in [1.165, 1.54) is 12.5 Å². The van der Waals surface area contributed by atoms with Crippen molar-refractivity contribution >= 4 is 0 Å². The lowest BCUT2D eigenvalue weighted by Gasteiger charge is -2.06. The van der Waals surface area contributed by atoms with Crippen LogP contribution in [-0.2, 0) is 6.54 Å². The summed E-state index contributed by atoms with van der Waals surface area (Å²) in [6.45, 7) is -0.828. The lowest BCUT2D eigenvalue weighted by Crippen LogP contribution is -2.28. The Bertz CT molecular complexity index is 216. The van der Waals surface area contributed by atoms with Crippen LogP contribution < -0.4 is 5.32 Å². The van der Waals surface area contributed by atoms with Crippen molar-refractivity contribution in [2.45, 2.75) is 12.7 Å². The number of alkyl halides is 3. The van der Waals surface area contributed by atoms with Gasteiger partial charge in [0.25, 0.3) is 0 Å². The van der Waals surface area contributed by atoms with Gasteiger partial charge >= 0.3 is 6.18 Å². The second-order valence-electron chi connectivity index (χ2n) is 2.30. The zero-order chi connectivity index (χ0) is 9.03. The molecule has 2 N–H and O–H groups in total. The highest BCUT2D eigenvalue weighted by atomic mass is 19.4. The largest absolute Gasteiger partial charge is 0.401 e. The molecule has 0 bridgehead atoms. The number of nitrogens with zero attached hydrogens (tertiary/aromatic N) is 1. The Hall–Kier alpha value is -1.04. The molecule has 0 aliphatic carbocycles. The molecular formula is C6H8F3N3. The molecule has 1 rings (SSSR count). The van der Waals surface area contributed by atoms with E-state index in [2.05, 4.69) is 15.3 Å². The minimum absolute atomic E-state index is 0.152. The van der Waals surface area contributed by atoms with Crippen molar-refractivity contribution in [2.24, 2.45) is 0 Å². The van der Waals surface area contributed by atoms with Gasteiger partial charge in [-0.3, -0.25) is 0 Å². The van der Waals surface area contributed by atoms with Gasteiger partial charge in [0.05, 0.1) is 12.9 Å². The number of rotatable bonds is 3. The van der Waals surface area contributed by atoms with Crippen LogP contribution in [0.25, 0.3) is 0 Å². The smallest absolute Gasteiger partial charge is 0.347 e. The number of halogens is 3. The first kappa shape index (κ1) is 9.05. The van der Waals surface area contributed by atoms with E-state index >= 15 is 0 Å². The summed E-state index contributed by atoms with van der Waals surface area (Å²) < 4.78 is 34.8. The number of aromatic amines is 1. The zero-order valence-electron chi connectivity index (χ0n) is 6.15. The molecule has 0 aliphatic heterocycles. The van der Waals surface area contributed by atoms with Gasteiger partial charge in [0, 0.05) is 18.4 Å². The van der Waals surface area contributed by atoms with Gasteiger partial charge in [-0.15, -0.1) is 0 Å². The van der Waals surface area contributed by atoms with Crippen LogP contribution in [0.15, 0.2) is 12.5 Å². The van der Waals surface area contributed by atoms with Gasteiger partial charge in [-0.1, -0.05) is 0 Å². The third-order valence-corrected chi connectivity index (χ3v) is 1.20. The summed E-state index contributed by atoms with van der Waals surface area (Å²) in [6, 6.07) is 0. The molecule has 1 aromatic heterocycles. The van der Waals surface area contributed by atoms with Gasteiger partial charge in [-0.05, 0) is 0 Å². The van der Waals surface area contributed by atoms with Gasteiger partial charge in [0.2, 0.25) is 0 Å². The first-order valence-corrected chi connectivity index (χ1v) is 3.32. The van der Waals surface area contributed by atoms with Crippen LogP contribution >= 0.6 is 0 Å². The number of hydrogen-bond donors (Lipinski definition) is 2. The van der Waals surface area contributed by atoms with E-state index in [9.17, 15) is 13.2 Å². The second-order valence-corrected chi connectivity index (χ2v) is 2.30. The number of nitrogens with one attached hydrogen (secondary N) is 2. The van der Waals surface area contributed by atoms with Crippen molar-refractivity contribution in [1.82, 2.24) is 15.3 Å². The maximum Gasteiger partial charge on any atom is 0.401 e. The fraction of sp³-hybridized carbons (Fsp3) is 0.500. The number of H-pyrrole nitrogens is 1.